The highest BCUT2D eigenvalue weighted by molar-refractivity contribution is 7.89. The van der Waals surface area contributed by atoms with E-state index in [9.17, 15) is 18.0 Å². The van der Waals surface area contributed by atoms with Crippen LogP contribution in [-0.4, -0.2) is 91.4 Å². The summed E-state index contributed by atoms with van der Waals surface area (Å²) in [4.78, 5) is 29.2. The van der Waals surface area contributed by atoms with Gasteiger partial charge in [0.2, 0.25) is 21.8 Å². The summed E-state index contributed by atoms with van der Waals surface area (Å²) in [5.41, 5.74) is 0.855. The predicted molar refractivity (Wildman–Crippen MR) is 134 cm³/mol. The molecule has 0 aliphatic carbocycles. The first kappa shape index (κ1) is 28.8. The third kappa shape index (κ3) is 8.37. The Morgan fingerprint density at radius 3 is 2.50 bits per heavy atom. The van der Waals surface area contributed by atoms with Crippen LogP contribution in [0, 0.1) is 0 Å². The summed E-state index contributed by atoms with van der Waals surface area (Å²) in [5.74, 6) is -0.439. The number of nitrogens with zero attached hydrogens (tertiary/aromatic N) is 3. The number of likely N-dealkylation sites (tertiary alicyclic amines) is 1. The predicted octanol–water partition coefficient (Wildman–Crippen LogP) is 2.98. The topological polar surface area (TPSA) is 87.2 Å². The summed E-state index contributed by atoms with van der Waals surface area (Å²) in [5, 5.41) is -0.0347. The normalized spacial score (nSPS) is 16.0. The molecule has 192 valence electrons. The minimum atomic E-state index is -3.60. The van der Waals surface area contributed by atoms with Gasteiger partial charge in [0.1, 0.15) is 5.38 Å². The smallest absolute Gasteiger partial charge is 0.240 e. The Balaban J connectivity index is 2.24. The summed E-state index contributed by atoms with van der Waals surface area (Å²) in [6, 6.07) is 7.13. The van der Waals surface area contributed by atoms with Crippen LogP contribution >= 0.6 is 23.2 Å². The van der Waals surface area contributed by atoms with Crippen molar-refractivity contribution in [1.29, 1.82) is 0 Å². The van der Waals surface area contributed by atoms with Crippen molar-refractivity contribution in [2.75, 3.05) is 45.6 Å². The lowest BCUT2D eigenvalue weighted by Gasteiger charge is -2.39. The van der Waals surface area contributed by atoms with Gasteiger partial charge in [-0.1, -0.05) is 30.7 Å². The second-order valence-corrected chi connectivity index (χ2v) is 11.6. The molecule has 1 heterocycles. The number of halogens is 2. The molecule has 1 atom stereocenters. The number of piperidine rings is 1. The van der Waals surface area contributed by atoms with Crippen molar-refractivity contribution in [3.8, 4) is 0 Å². The summed E-state index contributed by atoms with van der Waals surface area (Å²) in [6.07, 6.45) is 1.63. The molecule has 0 aromatic heterocycles. The molecule has 1 aromatic carbocycles. The number of methoxy groups -OCH3 is 1. The second kappa shape index (κ2) is 13.6. The Morgan fingerprint density at radius 1 is 1.26 bits per heavy atom. The number of carbonyl (C=O) groups excluding carboxylic acids is 2. The molecule has 0 saturated carbocycles. The highest BCUT2D eigenvalue weighted by atomic mass is 35.5. The number of carbonyl (C=O) groups is 2. The first-order valence-electron chi connectivity index (χ1n) is 11.5. The van der Waals surface area contributed by atoms with Crippen molar-refractivity contribution in [2.45, 2.75) is 51.1 Å². The van der Waals surface area contributed by atoms with Crippen molar-refractivity contribution < 1.29 is 22.7 Å². The van der Waals surface area contributed by atoms with E-state index < -0.39 is 15.4 Å². The number of ether oxygens (including phenoxy) is 1. The van der Waals surface area contributed by atoms with Gasteiger partial charge in [0.25, 0.3) is 0 Å². The molecule has 1 aromatic rings. The standard InChI is InChI=1S/C23H35Cl2N3O5S/c1-4-14-34(31,32)27(12-13-33-3)17-22(29)28(16-19-6-5-7-20(25)15-19)21-8-10-26(11-9-21)23(30)18(2)24/h5-7,15,18,21H,4,8-14,16-17H2,1-3H3/t18-/m1/s1. The minimum absolute atomic E-state index is 0.0323. The number of hydrogen-bond acceptors (Lipinski definition) is 5. The van der Waals surface area contributed by atoms with E-state index in [2.05, 4.69) is 0 Å². The quantitative estimate of drug-likeness (QED) is 0.384. The van der Waals surface area contributed by atoms with Crippen molar-refractivity contribution in [3.63, 3.8) is 0 Å². The van der Waals surface area contributed by atoms with Crippen molar-refractivity contribution in [1.82, 2.24) is 14.1 Å². The maximum atomic E-state index is 13.5. The van der Waals surface area contributed by atoms with Crippen LogP contribution in [-0.2, 0) is 30.9 Å². The van der Waals surface area contributed by atoms with E-state index in [1.165, 1.54) is 11.4 Å². The fourth-order valence-electron chi connectivity index (χ4n) is 4.04. The Morgan fingerprint density at radius 2 is 1.94 bits per heavy atom. The third-order valence-corrected chi connectivity index (χ3v) is 8.28. The molecule has 0 unspecified atom stereocenters. The van der Waals surface area contributed by atoms with Crippen LogP contribution in [0.3, 0.4) is 0 Å². The van der Waals surface area contributed by atoms with Gasteiger partial charge in [0.05, 0.1) is 18.9 Å². The van der Waals surface area contributed by atoms with Gasteiger partial charge in [-0.3, -0.25) is 9.59 Å². The Labute approximate surface area is 213 Å². The van der Waals surface area contributed by atoms with Gasteiger partial charge in [0, 0.05) is 44.4 Å². The monoisotopic (exact) mass is 535 g/mol. The molecule has 0 radical (unpaired) electrons. The highest BCUT2D eigenvalue weighted by Gasteiger charge is 2.33. The van der Waals surface area contributed by atoms with Gasteiger partial charge in [-0.15, -0.1) is 11.6 Å². The Hall–Kier alpha value is -1.39. The van der Waals surface area contributed by atoms with Gasteiger partial charge in [-0.25, -0.2) is 8.42 Å². The molecule has 0 N–H and O–H groups in total. The van der Waals surface area contributed by atoms with E-state index in [1.54, 1.807) is 35.8 Å². The van der Waals surface area contributed by atoms with E-state index in [1.807, 2.05) is 12.1 Å². The average molecular weight is 537 g/mol. The molecule has 8 nitrogen and oxygen atoms in total. The number of hydrogen-bond donors (Lipinski definition) is 0. The molecular weight excluding hydrogens is 501 g/mol. The molecule has 1 aliphatic heterocycles. The summed E-state index contributed by atoms with van der Waals surface area (Å²) >= 11 is 12.1. The molecule has 11 heteroatoms. The van der Waals surface area contributed by atoms with E-state index in [0.29, 0.717) is 43.9 Å². The number of amides is 2. The van der Waals surface area contributed by atoms with Gasteiger partial charge < -0.3 is 14.5 Å². The third-order valence-electron chi connectivity index (χ3n) is 5.83. The Kier molecular flexibility index (Phi) is 11.6. The summed E-state index contributed by atoms with van der Waals surface area (Å²) < 4.78 is 31.8. The molecule has 34 heavy (non-hydrogen) atoms. The molecule has 0 bridgehead atoms. The molecule has 2 amide bonds. The van der Waals surface area contributed by atoms with Crippen LogP contribution in [0.25, 0.3) is 0 Å². The molecule has 0 spiro atoms. The highest BCUT2D eigenvalue weighted by Crippen LogP contribution is 2.22. The fourth-order valence-corrected chi connectivity index (χ4v) is 5.83. The van der Waals surface area contributed by atoms with Crippen LogP contribution in [0.15, 0.2) is 24.3 Å². The lowest BCUT2D eigenvalue weighted by molar-refractivity contribution is -0.137. The molecule has 1 saturated heterocycles. The first-order chi connectivity index (χ1) is 16.1. The first-order valence-corrected chi connectivity index (χ1v) is 13.9. The van der Waals surface area contributed by atoms with Crippen LogP contribution in [0.1, 0.15) is 38.7 Å². The van der Waals surface area contributed by atoms with Gasteiger partial charge in [-0.05, 0) is 43.9 Å². The van der Waals surface area contributed by atoms with Gasteiger partial charge in [-0.2, -0.15) is 4.31 Å². The molecule has 2 rings (SSSR count). The maximum absolute atomic E-state index is 13.5. The zero-order valence-corrected chi connectivity index (χ0v) is 22.4. The molecule has 1 fully saturated rings. The van der Waals surface area contributed by atoms with Crippen molar-refractivity contribution in [2.24, 2.45) is 0 Å². The van der Waals surface area contributed by atoms with Crippen molar-refractivity contribution >= 4 is 45.0 Å². The van der Waals surface area contributed by atoms with Crippen LogP contribution in [0.5, 0.6) is 0 Å². The van der Waals surface area contributed by atoms with Gasteiger partial charge in [0.15, 0.2) is 0 Å². The summed E-state index contributed by atoms with van der Waals surface area (Å²) in [6.45, 7) is 4.76. The number of sulfonamides is 1. The number of alkyl halides is 1. The van der Waals surface area contributed by atoms with E-state index in [0.717, 1.165) is 5.56 Å². The average Bonchev–Trinajstić information content (AvgIpc) is 2.79. The van der Waals surface area contributed by atoms with Crippen LogP contribution in [0.4, 0.5) is 0 Å². The lowest BCUT2D eigenvalue weighted by atomic mass is 10.0. The van der Waals surface area contributed by atoms with Crippen LogP contribution in [0.2, 0.25) is 5.02 Å². The molecule has 1 aliphatic rings. The minimum Gasteiger partial charge on any atom is -0.383 e. The SMILES string of the molecule is CCCS(=O)(=O)N(CCOC)CC(=O)N(Cc1cccc(Cl)c1)C1CCN(C(=O)[C@@H](C)Cl)CC1. The van der Waals surface area contributed by atoms with Crippen LogP contribution < -0.4 is 0 Å². The maximum Gasteiger partial charge on any atom is 0.240 e. The van der Waals surface area contributed by atoms with E-state index in [4.69, 9.17) is 27.9 Å². The number of rotatable bonds is 12. The second-order valence-electron chi connectivity index (χ2n) is 8.47. The zero-order chi connectivity index (χ0) is 25.3. The largest absolute Gasteiger partial charge is 0.383 e. The zero-order valence-electron chi connectivity index (χ0n) is 20.1. The Bertz CT molecular complexity index is 921. The van der Waals surface area contributed by atoms with E-state index in [-0.39, 0.29) is 43.3 Å². The number of benzene rings is 1. The summed E-state index contributed by atoms with van der Waals surface area (Å²) in [7, 11) is -2.10. The van der Waals surface area contributed by atoms with Crippen molar-refractivity contribution in [3.05, 3.63) is 34.9 Å². The lowest BCUT2D eigenvalue weighted by Crippen LogP contribution is -2.52. The fraction of sp³-hybridized carbons (Fsp3) is 0.652. The van der Waals surface area contributed by atoms with Gasteiger partial charge >= 0.3 is 0 Å². The van der Waals surface area contributed by atoms with E-state index >= 15 is 0 Å². The molecular formula is C23H35Cl2N3O5S.